The highest BCUT2D eigenvalue weighted by atomic mass is 35.5. The smallest absolute Gasteiger partial charge is 0.144 e. The number of hydrogen-bond donors (Lipinski definition) is 1. The van der Waals surface area contributed by atoms with Gasteiger partial charge in [0.05, 0.1) is 6.54 Å². The maximum Gasteiger partial charge on any atom is 0.144 e. The summed E-state index contributed by atoms with van der Waals surface area (Å²) in [5.41, 5.74) is 1.21. The van der Waals surface area contributed by atoms with E-state index < -0.39 is 0 Å². The molecule has 0 radical (unpaired) electrons. The lowest BCUT2D eigenvalue weighted by molar-refractivity contribution is 0.143. The van der Waals surface area contributed by atoms with Gasteiger partial charge in [-0.05, 0) is 39.8 Å². The predicted octanol–water partition coefficient (Wildman–Crippen LogP) is 2.01. The number of likely N-dealkylation sites (tertiary alicyclic amines) is 1. The summed E-state index contributed by atoms with van der Waals surface area (Å²) in [5.74, 6) is 0.827. The maximum absolute atomic E-state index is 5.96. The van der Waals surface area contributed by atoms with Crippen molar-refractivity contribution in [2.24, 2.45) is 0 Å². The third-order valence-corrected chi connectivity index (χ3v) is 3.99. The van der Waals surface area contributed by atoms with E-state index in [1.54, 1.807) is 6.07 Å². The van der Waals surface area contributed by atoms with E-state index in [2.05, 4.69) is 27.1 Å². The van der Waals surface area contributed by atoms with E-state index in [9.17, 15) is 0 Å². The monoisotopic (exact) mass is 268 g/mol. The fourth-order valence-corrected chi connectivity index (χ4v) is 2.57. The zero-order valence-electron chi connectivity index (χ0n) is 11.3. The molecule has 0 saturated carbocycles. The summed E-state index contributed by atoms with van der Waals surface area (Å²) in [4.78, 5) is 11.1. The molecular formula is C13H21ClN4. The van der Waals surface area contributed by atoms with Gasteiger partial charge in [0.25, 0.3) is 0 Å². The molecule has 5 heteroatoms. The molecule has 18 heavy (non-hydrogen) atoms. The summed E-state index contributed by atoms with van der Waals surface area (Å²) >= 11 is 5.96. The lowest BCUT2D eigenvalue weighted by atomic mass is 9.90. The SMILES string of the molecule is CNC1(C)CCN(Cc2nc(C)cc(Cl)n2)CC1. The van der Waals surface area contributed by atoms with Crippen molar-refractivity contribution in [2.75, 3.05) is 20.1 Å². The van der Waals surface area contributed by atoms with Gasteiger partial charge in [0, 0.05) is 24.3 Å². The van der Waals surface area contributed by atoms with E-state index in [-0.39, 0.29) is 5.54 Å². The first-order chi connectivity index (χ1) is 8.50. The molecule has 1 N–H and O–H groups in total. The van der Waals surface area contributed by atoms with Gasteiger partial charge < -0.3 is 5.32 Å². The van der Waals surface area contributed by atoms with Gasteiger partial charge in [0.1, 0.15) is 11.0 Å². The molecule has 0 bridgehead atoms. The Labute approximate surface area is 114 Å². The van der Waals surface area contributed by atoms with Crippen LogP contribution in [-0.2, 0) is 6.54 Å². The normalized spacial score (nSPS) is 20.0. The van der Waals surface area contributed by atoms with Crippen LogP contribution in [0.2, 0.25) is 5.15 Å². The van der Waals surface area contributed by atoms with E-state index >= 15 is 0 Å². The summed E-state index contributed by atoms with van der Waals surface area (Å²) < 4.78 is 0. The molecule has 0 unspecified atom stereocenters. The zero-order chi connectivity index (χ0) is 13.2. The highest BCUT2D eigenvalue weighted by Gasteiger charge is 2.28. The van der Waals surface area contributed by atoms with Crippen LogP contribution in [0, 0.1) is 6.92 Å². The number of aryl methyl sites for hydroxylation is 1. The van der Waals surface area contributed by atoms with Gasteiger partial charge in [-0.3, -0.25) is 4.90 Å². The number of piperidine rings is 1. The molecule has 0 spiro atoms. The number of nitrogens with one attached hydrogen (secondary N) is 1. The van der Waals surface area contributed by atoms with Crippen LogP contribution in [0.25, 0.3) is 0 Å². The second kappa shape index (κ2) is 5.51. The molecule has 0 atom stereocenters. The Kier molecular flexibility index (Phi) is 4.20. The van der Waals surface area contributed by atoms with Crippen molar-refractivity contribution in [3.63, 3.8) is 0 Å². The lowest BCUT2D eigenvalue weighted by Crippen LogP contribution is -2.49. The van der Waals surface area contributed by atoms with Crippen molar-refractivity contribution >= 4 is 11.6 Å². The van der Waals surface area contributed by atoms with Crippen LogP contribution in [0.5, 0.6) is 0 Å². The van der Waals surface area contributed by atoms with Crippen molar-refractivity contribution in [2.45, 2.75) is 38.8 Å². The minimum atomic E-state index is 0.279. The predicted molar refractivity (Wildman–Crippen MR) is 73.8 cm³/mol. The van der Waals surface area contributed by atoms with Crippen LogP contribution < -0.4 is 5.32 Å². The number of aromatic nitrogens is 2. The minimum absolute atomic E-state index is 0.279. The summed E-state index contributed by atoms with van der Waals surface area (Å²) in [5, 5.41) is 3.94. The van der Waals surface area contributed by atoms with E-state index in [0.717, 1.165) is 44.0 Å². The Balaban J connectivity index is 1.95. The fraction of sp³-hybridized carbons (Fsp3) is 0.692. The zero-order valence-corrected chi connectivity index (χ0v) is 12.1. The average molecular weight is 269 g/mol. The molecule has 4 nitrogen and oxygen atoms in total. The molecule has 2 rings (SSSR count). The average Bonchev–Trinajstić information content (AvgIpc) is 2.31. The molecule has 0 aromatic carbocycles. The van der Waals surface area contributed by atoms with Crippen LogP contribution in [0.3, 0.4) is 0 Å². The summed E-state index contributed by atoms with van der Waals surface area (Å²) in [6, 6.07) is 1.79. The number of rotatable bonds is 3. The number of nitrogens with zero attached hydrogens (tertiary/aromatic N) is 3. The van der Waals surface area contributed by atoms with E-state index in [4.69, 9.17) is 11.6 Å². The molecular weight excluding hydrogens is 248 g/mol. The van der Waals surface area contributed by atoms with Crippen LogP contribution in [0.4, 0.5) is 0 Å². The van der Waals surface area contributed by atoms with Crippen molar-refractivity contribution < 1.29 is 0 Å². The molecule has 1 aliphatic rings. The van der Waals surface area contributed by atoms with Gasteiger partial charge in [-0.15, -0.1) is 0 Å². The van der Waals surface area contributed by atoms with Gasteiger partial charge in [0.2, 0.25) is 0 Å². The summed E-state index contributed by atoms with van der Waals surface area (Å²) in [7, 11) is 2.04. The van der Waals surface area contributed by atoms with Gasteiger partial charge in [-0.1, -0.05) is 11.6 Å². The van der Waals surface area contributed by atoms with Crippen molar-refractivity contribution in [1.82, 2.24) is 20.2 Å². The first-order valence-corrected chi connectivity index (χ1v) is 6.80. The van der Waals surface area contributed by atoms with E-state index in [1.165, 1.54) is 0 Å². The molecule has 1 aromatic rings. The fourth-order valence-electron chi connectivity index (χ4n) is 2.31. The molecule has 2 heterocycles. The Morgan fingerprint density at radius 3 is 2.61 bits per heavy atom. The van der Waals surface area contributed by atoms with Crippen molar-refractivity contribution in [3.05, 3.63) is 22.7 Å². The quantitative estimate of drug-likeness (QED) is 0.852. The third kappa shape index (κ3) is 3.40. The maximum atomic E-state index is 5.96. The largest absolute Gasteiger partial charge is 0.314 e. The molecule has 0 aliphatic carbocycles. The van der Waals surface area contributed by atoms with Crippen molar-refractivity contribution in [1.29, 1.82) is 0 Å². The van der Waals surface area contributed by atoms with E-state index in [1.807, 2.05) is 14.0 Å². The van der Waals surface area contributed by atoms with Gasteiger partial charge in [0.15, 0.2) is 0 Å². The van der Waals surface area contributed by atoms with Crippen LogP contribution in [0.15, 0.2) is 6.07 Å². The lowest BCUT2D eigenvalue weighted by Gasteiger charge is -2.39. The number of halogens is 1. The van der Waals surface area contributed by atoms with Crippen LogP contribution in [0.1, 0.15) is 31.3 Å². The van der Waals surface area contributed by atoms with Crippen LogP contribution in [-0.4, -0.2) is 40.5 Å². The first kappa shape index (κ1) is 13.7. The van der Waals surface area contributed by atoms with Gasteiger partial charge in [-0.2, -0.15) is 0 Å². The Bertz CT molecular complexity index is 393. The Morgan fingerprint density at radius 2 is 2.06 bits per heavy atom. The molecule has 1 aromatic heterocycles. The van der Waals surface area contributed by atoms with Gasteiger partial charge >= 0.3 is 0 Å². The highest BCUT2D eigenvalue weighted by molar-refractivity contribution is 6.29. The molecule has 1 fully saturated rings. The minimum Gasteiger partial charge on any atom is -0.314 e. The molecule has 100 valence electrons. The van der Waals surface area contributed by atoms with E-state index in [0.29, 0.717) is 5.15 Å². The summed E-state index contributed by atoms with van der Waals surface area (Å²) in [6.07, 6.45) is 2.31. The summed E-state index contributed by atoms with van der Waals surface area (Å²) in [6.45, 7) is 7.18. The molecule has 1 saturated heterocycles. The first-order valence-electron chi connectivity index (χ1n) is 6.42. The molecule has 1 aliphatic heterocycles. The second-order valence-electron chi connectivity index (χ2n) is 5.34. The van der Waals surface area contributed by atoms with Crippen molar-refractivity contribution in [3.8, 4) is 0 Å². The second-order valence-corrected chi connectivity index (χ2v) is 5.72. The Hall–Kier alpha value is -0.710. The van der Waals surface area contributed by atoms with Crippen LogP contribution >= 0.6 is 11.6 Å². The molecule has 0 amide bonds. The third-order valence-electron chi connectivity index (χ3n) is 3.80. The Morgan fingerprint density at radius 1 is 1.39 bits per heavy atom. The highest BCUT2D eigenvalue weighted by Crippen LogP contribution is 2.22. The number of hydrogen-bond acceptors (Lipinski definition) is 4. The topological polar surface area (TPSA) is 41.0 Å². The standard InChI is InChI=1S/C13H21ClN4/c1-10-8-11(14)17-12(16-10)9-18-6-4-13(2,15-3)5-7-18/h8,15H,4-7,9H2,1-3H3. The van der Waals surface area contributed by atoms with Gasteiger partial charge in [-0.25, -0.2) is 9.97 Å².